The largest absolute Gasteiger partial charge is 0.356 e. The molecule has 0 spiro atoms. The Morgan fingerprint density at radius 3 is 2.15 bits per heavy atom. The number of ether oxygens (including phenoxy) is 1. The molecule has 0 bridgehead atoms. The van der Waals surface area contributed by atoms with Gasteiger partial charge in [0.2, 0.25) is 0 Å². The maximum atomic E-state index is 12.4. The van der Waals surface area contributed by atoms with Crippen LogP contribution < -0.4 is 11.2 Å². The zero-order chi connectivity index (χ0) is 18.4. The topological polar surface area (TPSA) is 64.1 Å². The second-order valence-corrected chi connectivity index (χ2v) is 6.09. The molecule has 3 aromatic rings. The summed E-state index contributed by atoms with van der Waals surface area (Å²) in [4.78, 5) is 27.1. The molecule has 2 aromatic carbocycles. The molecule has 0 atom stereocenters. The Balaban J connectivity index is 1.86. The molecule has 5 nitrogen and oxygen atoms in total. The molecule has 0 aliphatic carbocycles. The molecule has 0 saturated carbocycles. The van der Waals surface area contributed by atoms with Gasteiger partial charge in [0.15, 0.2) is 0 Å². The van der Waals surface area contributed by atoms with Crippen molar-refractivity contribution in [3.8, 4) is 0 Å². The molecule has 0 radical (unpaired) electrons. The molecule has 1 N–H and O–H groups in total. The van der Waals surface area contributed by atoms with Crippen LogP contribution in [0.5, 0.6) is 0 Å². The Labute approximate surface area is 151 Å². The summed E-state index contributed by atoms with van der Waals surface area (Å²) in [5, 5.41) is 0. The molecule has 0 fully saturated rings. The smallest absolute Gasteiger partial charge is 0.330 e. The van der Waals surface area contributed by atoms with Crippen molar-refractivity contribution in [2.24, 2.45) is 0 Å². The highest BCUT2D eigenvalue weighted by Gasteiger charge is 2.14. The van der Waals surface area contributed by atoms with Crippen molar-refractivity contribution in [2.75, 3.05) is 0 Å². The molecule has 26 heavy (non-hydrogen) atoms. The minimum absolute atomic E-state index is 0.107. The fraction of sp³-hybridized carbons (Fsp3) is 0.238. The number of aromatic amines is 1. The summed E-state index contributed by atoms with van der Waals surface area (Å²) < 4.78 is 7.23. The van der Waals surface area contributed by atoms with Crippen molar-refractivity contribution in [1.29, 1.82) is 0 Å². The van der Waals surface area contributed by atoms with Gasteiger partial charge in [-0.1, -0.05) is 67.6 Å². The fourth-order valence-corrected chi connectivity index (χ4v) is 3.01. The lowest BCUT2D eigenvalue weighted by Gasteiger charge is -2.15. The van der Waals surface area contributed by atoms with Crippen LogP contribution >= 0.6 is 0 Å². The molecular formula is C21H22N2O3. The number of benzene rings is 2. The van der Waals surface area contributed by atoms with E-state index >= 15 is 0 Å². The highest BCUT2D eigenvalue weighted by atomic mass is 16.5. The van der Waals surface area contributed by atoms with E-state index in [9.17, 15) is 9.59 Å². The minimum Gasteiger partial charge on any atom is -0.356 e. The fourth-order valence-electron chi connectivity index (χ4n) is 3.01. The maximum absolute atomic E-state index is 12.4. The minimum atomic E-state index is -0.434. The van der Waals surface area contributed by atoms with E-state index < -0.39 is 5.69 Å². The molecule has 1 aromatic heterocycles. The van der Waals surface area contributed by atoms with Gasteiger partial charge in [-0.05, 0) is 17.5 Å². The Morgan fingerprint density at radius 1 is 0.923 bits per heavy atom. The van der Waals surface area contributed by atoms with E-state index in [1.54, 1.807) is 0 Å². The zero-order valence-corrected chi connectivity index (χ0v) is 14.8. The lowest BCUT2D eigenvalue weighted by Crippen LogP contribution is -2.36. The summed E-state index contributed by atoms with van der Waals surface area (Å²) in [6.07, 6.45) is 1.06. The second kappa shape index (κ2) is 8.45. The van der Waals surface area contributed by atoms with E-state index in [-0.39, 0.29) is 12.3 Å². The molecule has 0 unspecified atom stereocenters. The van der Waals surface area contributed by atoms with Gasteiger partial charge in [-0.15, -0.1) is 0 Å². The summed E-state index contributed by atoms with van der Waals surface area (Å²) in [7, 11) is 0. The first-order valence-corrected chi connectivity index (χ1v) is 8.69. The summed E-state index contributed by atoms with van der Waals surface area (Å²) >= 11 is 0. The lowest BCUT2D eigenvalue weighted by atomic mass is 10.0. The van der Waals surface area contributed by atoms with E-state index in [0.717, 1.165) is 16.8 Å². The number of nitrogens with zero attached hydrogens (tertiary/aromatic N) is 1. The van der Waals surface area contributed by atoms with Crippen LogP contribution in [0.25, 0.3) is 0 Å². The molecule has 3 rings (SSSR count). The average molecular weight is 350 g/mol. The van der Waals surface area contributed by atoms with Gasteiger partial charge in [-0.2, -0.15) is 0 Å². The van der Waals surface area contributed by atoms with Gasteiger partial charge in [-0.3, -0.25) is 14.3 Å². The third-order valence-corrected chi connectivity index (χ3v) is 4.30. The van der Waals surface area contributed by atoms with Crippen LogP contribution in [0.2, 0.25) is 0 Å². The monoisotopic (exact) mass is 350 g/mol. The van der Waals surface area contributed by atoms with Gasteiger partial charge in [0.05, 0.1) is 6.61 Å². The van der Waals surface area contributed by atoms with Crippen molar-refractivity contribution in [1.82, 2.24) is 9.55 Å². The van der Waals surface area contributed by atoms with Crippen molar-refractivity contribution >= 4 is 0 Å². The number of aromatic nitrogens is 2. The first-order valence-electron chi connectivity index (χ1n) is 8.69. The second-order valence-electron chi connectivity index (χ2n) is 6.09. The number of hydrogen-bond acceptors (Lipinski definition) is 3. The van der Waals surface area contributed by atoms with Gasteiger partial charge in [0.25, 0.3) is 5.56 Å². The van der Waals surface area contributed by atoms with E-state index in [4.69, 9.17) is 4.74 Å². The van der Waals surface area contributed by atoms with E-state index in [1.165, 1.54) is 4.57 Å². The van der Waals surface area contributed by atoms with Crippen LogP contribution in [-0.4, -0.2) is 9.55 Å². The van der Waals surface area contributed by atoms with Gasteiger partial charge >= 0.3 is 5.69 Å². The highest BCUT2D eigenvalue weighted by Crippen LogP contribution is 2.11. The Hall–Kier alpha value is -2.92. The third kappa shape index (κ3) is 4.18. The predicted molar refractivity (Wildman–Crippen MR) is 101 cm³/mol. The molecule has 0 saturated heterocycles. The summed E-state index contributed by atoms with van der Waals surface area (Å²) in [5.41, 5.74) is 2.64. The van der Waals surface area contributed by atoms with E-state index in [2.05, 4.69) is 4.98 Å². The van der Waals surface area contributed by atoms with Gasteiger partial charge in [0.1, 0.15) is 6.73 Å². The number of nitrogens with one attached hydrogen (secondary N) is 1. The number of rotatable bonds is 7. The molecule has 1 heterocycles. The molecule has 0 aliphatic rings. The van der Waals surface area contributed by atoms with E-state index in [0.29, 0.717) is 25.0 Å². The van der Waals surface area contributed by atoms with Crippen molar-refractivity contribution in [3.63, 3.8) is 0 Å². The zero-order valence-electron chi connectivity index (χ0n) is 14.8. The standard InChI is InChI=1S/C21H22N2O3/c1-2-19-18(13-16-9-5-3-6-10-16)20(24)22-21(25)23(19)15-26-14-17-11-7-4-8-12-17/h3-12H,2,13-15H2,1H3,(H,22,24,25). The van der Waals surface area contributed by atoms with Crippen LogP contribution in [0, 0.1) is 0 Å². The molecule has 134 valence electrons. The Morgan fingerprint density at radius 2 is 1.54 bits per heavy atom. The number of H-pyrrole nitrogens is 1. The van der Waals surface area contributed by atoms with Crippen molar-refractivity contribution in [2.45, 2.75) is 33.1 Å². The summed E-state index contributed by atoms with van der Waals surface area (Å²) in [6, 6.07) is 19.5. The normalized spacial score (nSPS) is 10.8. The first-order chi connectivity index (χ1) is 12.7. The van der Waals surface area contributed by atoms with Crippen molar-refractivity contribution in [3.05, 3.63) is 104 Å². The quantitative estimate of drug-likeness (QED) is 0.713. The van der Waals surface area contributed by atoms with Gasteiger partial charge < -0.3 is 4.74 Å². The van der Waals surface area contributed by atoms with Crippen LogP contribution in [0.4, 0.5) is 0 Å². The van der Waals surface area contributed by atoms with Crippen LogP contribution in [0.3, 0.4) is 0 Å². The third-order valence-electron chi connectivity index (χ3n) is 4.30. The van der Waals surface area contributed by atoms with Gasteiger partial charge in [-0.25, -0.2) is 4.79 Å². The maximum Gasteiger partial charge on any atom is 0.330 e. The predicted octanol–water partition coefficient (Wildman–Crippen LogP) is 2.86. The Kier molecular flexibility index (Phi) is 5.81. The van der Waals surface area contributed by atoms with Crippen LogP contribution in [0.1, 0.15) is 29.3 Å². The summed E-state index contributed by atoms with van der Waals surface area (Å²) in [6.45, 7) is 2.45. The first kappa shape index (κ1) is 17.9. The van der Waals surface area contributed by atoms with Gasteiger partial charge in [0, 0.05) is 17.7 Å². The Bertz CT molecular complexity index is 960. The van der Waals surface area contributed by atoms with Crippen LogP contribution in [0.15, 0.2) is 70.3 Å². The number of hydrogen-bond donors (Lipinski definition) is 1. The van der Waals surface area contributed by atoms with Crippen molar-refractivity contribution < 1.29 is 4.74 Å². The molecule has 0 amide bonds. The van der Waals surface area contributed by atoms with E-state index in [1.807, 2.05) is 67.6 Å². The lowest BCUT2D eigenvalue weighted by molar-refractivity contribution is 0.0588. The highest BCUT2D eigenvalue weighted by molar-refractivity contribution is 5.27. The molecular weight excluding hydrogens is 328 g/mol. The van der Waals surface area contributed by atoms with Crippen LogP contribution in [-0.2, 0) is 30.9 Å². The molecule has 0 aliphatic heterocycles. The summed E-state index contributed by atoms with van der Waals surface area (Å²) in [5.74, 6) is 0. The average Bonchev–Trinajstić information content (AvgIpc) is 2.67. The SMILES string of the molecule is CCc1c(Cc2ccccc2)c(=O)[nH]c(=O)n1COCc1ccccc1. The molecule has 5 heteroatoms.